The van der Waals surface area contributed by atoms with Crippen molar-refractivity contribution in [2.75, 3.05) is 0 Å². The Labute approximate surface area is 110 Å². The summed E-state index contributed by atoms with van der Waals surface area (Å²) in [4.78, 5) is 4.42. The first kappa shape index (κ1) is 11.6. The summed E-state index contributed by atoms with van der Waals surface area (Å²) in [6.07, 6.45) is 3.82. The third-order valence-electron chi connectivity index (χ3n) is 2.63. The van der Waals surface area contributed by atoms with Crippen LogP contribution in [0.5, 0.6) is 0 Å². The van der Waals surface area contributed by atoms with Crippen LogP contribution in [0.25, 0.3) is 11.4 Å². The second kappa shape index (κ2) is 4.20. The van der Waals surface area contributed by atoms with Crippen LogP contribution in [0.1, 0.15) is 19.4 Å². The van der Waals surface area contributed by atoms with Gasteiger partial charge in [0.15, 0.2) is 0 Å². The maximum atomic E-state index is 4.42. The Morgan fingerprint density at radius 2 is 1.94 bits per heavy atom. The molecular formula is C13H15IN2. The molecule has 0 N–H and O–H groups in total. The molecule has 0 aliphatic rings. The molecule has 0 saturated carbocycles. The number of benzene rings is 1. The fraction of sp³-hybridized carbons (Fsp3) is 0.308. The van der Waals surface area contributed by atoms with Crippen LogP contribution in [-0.2, 0) is 10.5 Å². The molecule has 3 heteroatoms. The number of aryl methyl sites for hydroxylation is 1. The number of imidazole rings is 1. The van der Waals surface area contributed by atoms with E-state index in [-0.39, 0.29) is 3.42 Å². The van der Waals surface area contributed by atoms with E-state index in [1.54, 1.807) is 0 Å². The number of aromatic nitrogens is 2. The van der Waals surface area contributed by atoms with E-state index >= 15 is 0 Å². The summed E-state index contributed by atoms with van der Waals surface area (Å²) in [5, 5.41) is 0. The van der Waals surface area contributed by atoms with E-state index < -0.39 is 0 Å². The Kier molecular flexibility index (Phi) is 3.06. The minimum absolute atomic E-state index is 0.111. The third kappa shape index (κ3) is 2.14. The van der Waals surface area contributed by atoms with Gasteiger partial charge in [0, 0.05) is 28.4 Å². The summed E-state index contributed by atoms with van der Waals surface area (Å²) in [6, 6.07) is 8.46. The quantitative estimate of drug-likeness (QED) is 0.607. The number of hydrogen-bond acceptors (Lipinski definition) is 1. The standard InChI is InChI=1S/C13H15IN2/c1-13(2,14)11-7-5-4-6-10(11)12-15-8-9-16(12)3/h4-9H,1-3H3. The highest BCUT2D eigenvalue weighted by molar-refractivity contribution is 14.1. The highest BCUT2D eigenvalue weighted by atomic mass is 127. The van der Waals surface area contributed by atoms with Crippen molar-refractivity contribution in [3.63, 3.8) is 0 Å². The second-order valence-corrected chi connectivity index (χ2v) is 7.08. The van der Waals surface area contributed by atoms with Crippen molar-refractivity contribution in [2.24, 2.45) is 7.05 Å². The summed E-state index contributed by atoms with van der Waals surface area (Å²) in [7, 11) is 2.03. The zero-order valence-corrected chi connectivity index (χ0v) is 11.9. The smallest absolute Gasteiger partial charge is 0.139 e. The van der Waals surface area contributed by atoms with Crippen molar-refractivity contribution in [3.05, 3.63) is 42.2 Å². The number of alkyl halides is 1. The van der Waals surface area contributed by atoms with Gasteiger partial charge in [-0.1, -0.05) is 46.9 Å². The van der Waals surface area contributed by atoms with Crippen LogP contribution in [0.15, 0.2) is 36.7 Å². The van der Waals surface area contributed by atoms with Crippen LogP contribution in [0.3, 0.4) is 0 Å². The highest BCUT2D eigenvalue weighted by Crippen LogP contribution is 2.36. The molecule has 0 amide bonds. The first-order valence-corrected chi connectivity index (χ1v) is 6.34. The molecule has 84 valence electrons. The lowest BCUT2D eigenvalue weighted by Gasteiger charge is -2.20. The van der Waals surface area contributed by atoms with Gasteiger partial charge in [-0.05, 0) is 19.4 Å². The molecule has 0 atom stereocenters. The van der Waals surface area contributed by atoms with Gasteiger partial charge in [-0.2, -0.15) is 0 Å². The van der Waals surface area contributed by atoms with Gasteiger partial charge in [0.05, 0.1) is 0 Å². The fourth-order valence-corrected chi connectivity index (χ4v) is 2.29. The number of rotatable bonds is 2. The molecule has 2 nitrogen and oxygen atoms in total. The number of hydrogen-bond donors (Lipinski definition) is 0. The fourth-order valence-electron chi connectivity index (χ4n) is 1.82. The summed E-state index contributed by atoms with van der Waals surface area (Å²) < 4.78 is 2.17. The average molecular weight is 326 g/mol. The van der Waals surface area contributed by atoms with Crippen LogP contribution < -0.4 is 0 Å². The van der Waals surface area contributed by atoms with Gasteiger partial charge in [0.1, 0.15) is 5.82 Å². The largest absolute Gasteiger partial charge is 0.334 e. The Balaban J connectivity index is 2.62. The molecule has 0 saturated heterocycles. The van der Waals surface area contributed by atoms with E-state index in [0.29, 0.717) is 0 Å². The molecule has 0 unspecified atom stereocenters. The zero-order valence-electron chi connectivity index (χ0n) is 9.74. The maximum Gasteiger partial charge on any atom is 0.139 e. The van der Waals surface area contributed by atoms with E-state index in [9.17, 15) is 0 Å². The summed E-state index contributed by atoms with van der Waals surface area (Å²) in [5.74, 6) is 1.03. The van der Waals surface area contributed by atoms with E-state index in [1.807, 2.05) is 19.4 Å². The van der Waals surface area contributed by atoms with Crippen LogP contribution >= 0.6 is 22.6 Å². The van der Waals surface area contributed by atoms with Gasteiger partial charge in [-0.25, -0.2) is 4.98 Å². The van der Waals surface area contributed by atoms with Crippen molar-refractivity contribution in [1.29, 1.82) is 0 Å². The van der Waals surface area contributed by atoms with E-state index in [0.717, 1.165) is 5.82 Å². The predicted molar refractivity (Wildman–Crippen MR) is 75.7 cm³/mol. The maximum absolute atomic E-state index is 4.42. The first-order valence-electron chi connectivity index (χ1n) is 5.26. The van der Waals surface area contributed by atoms with Gasteiger partial charge in [-0.3, -0.25) is 0 Å². The van der Waals surface area contributed by atoms with Crippen LogP contribution in [0.2, 0.25) is 0 Å². The normalized spacial score (nSPS) is 11.8. The Bertz CT molecular complexity index is 495. The van der Waals surface area contributed by atoms with Crippen LogP contribution in [0.4, 0.5) is 0 Å². The monoisotopic (exact) mass is 326 g/mol. The van der Waals surface area contributed by atoms with Crippen molar-refractivity contribution < 1.29 is 0 Å². The average Bonchev–Trinajstić information content (AvgIpc) is 2.63. The molecule has 0 bridgehead atoms. The second-order valence-electron chi connectivity index (χ2n) is 4.38. The molecule has 0 fully saturated rings. The summed E-state index contributed by atoms with van der Waals surface area (Å²) in [5.41, 5.74) is 2.54. The molecule has 0 aliphatic carbocycles. The lowest BCUT2D eigenvalue weighted by Crippen LogP contribution is -2.09. The number of halogens is 1. The topological polar surface area (TPSA) is 17.8 Å². The van der Waals surface area contributed by atoms with E-state index in [4.69, 9.17) is 0 Å². The SMILES string of the molecule is Cn1ccnc1-c1ccccc1C(C)(C)I. The van der Waals surface area contributed by atoms with E-state index in [1.165, 1.54) is 11.1 Å². The zero-order chi connectivity index (χ0) is 11.8. The minimum Gasteiger partial charge on any atom is -0.334 e. The molecule has 0 spiro atoms. The summed E-state index contributed by atoms with van der Waals surface area (Å²) in [6.45, 7) is 4.44. The molecular weight excluding hydrogens is 311 g/mol. The van der Waals surface area contributed by atoms with E-state index in [2.05, 4.69) is 70.3 Å². The highest BCUT2D eigenvalue weighted by Gasteiger charge is 2.21. The Morgan fingerprint density at radius 3 is 2.50 bits per heavy atom. The van der Waals surface area contributed by atoms with Crippen LogP contribution in [0, 0.1) is 0 Å². The molecule has 1 aromatic heterocycles. The molecule has 2 rings (SSSR count). The van der Waals surface area contributed by atoms with Crippen LogP contribution in [-0.4, -0.2) is 9.55 Å². The van der Waals surface area contributed by atoms with Gasteiger partial charge in [0.2, 0.25) is 0 Å². The van der Waals surface area contributed by atoms with Gasteiger partial charge in [0.25, 0.3) is 0 Å². The first-order chi connectivity index (χ1) is 7.50. The van der Waals surface area contributed by atoms with Gasteiger partial charge in [-0.15, -0.1) is 0 Å². The van der Waals surface area contributed by atoms with Crippen molar-refractivity contribution in [2.45, 2.75) is 17.3 Å². The Hall–Kier alpha value is -0.840. The molecule has 0 aliphatic heterocycles. The lowest BCUT2D eigenvalue weighted by atomic mass is 9.97. The molecule has 1 aromatic carbocycles. The molecule has 0 radical (unpaired) electrons. The van der Waals surface area contributed by atoms with Crippen molar-refractivity contribution in [1.82, 2.24) is 9.55 Å². The molecule has 2 aromatic rings. The minimum atomic E-state index is 0.111. The molecule has 16 heavy (non-hydrogen) atoms. The Morgan fingerprint density at radius 1 is 1.25 bits per heavy atom. The molecule has 1 heterocycles. The third-order valence-corrected chi connectivity index (χ3v) is 3.21. The lowest BCUT2D eigenvalue weighted by molar-refractivity contribution is 0.822. The van der Waals surface area contributed by atoms with Gasteiger partial charge >= 0.3 is 0 Å². The van der Waals surface area contributed by atoms with Crippen molar-refractivity contribution >= 4 is 22.6 Å². The number of nitrogens with zero attached hydrogens (tertiary/aromatic N) is 2. The van der Waals surface area contributed by atoms with Gasteiger partial charge < -0.3 is 4.57 Å². The predicted octanol–water partition coefficient (Wildman–Crippen LogP) is 3.76. The summed E-state index contributed by atoms with van der Waals surface area (Å²) >= 11 is 2.47. The van der Waals surface area contributed by atoms with Crippen molar-refractivity contribution in [3.8, 4) is 11.4 Å².